The van der Waals surface area contributed by atoms with Crippen LogP contribution in [0.25, 0.3) is 0 Å². The van der Waals surface area contributed by atoms with E-state index in [-0.39, 0.29) is 98.4 Å². The first-order valence-electron chi connectivity index (χ1n) is 26.0. The van der Waals surface area contributed by atoms with Crippen molar-refractivity contribution in [3.63, 3.8) is 0 Å². The zero-order valence-corrected chi connectivity index (χ0v) is 46.0. The highest BCUT2D eigenvalue weighted by molar-refractivity contribution is 7.59. The number of aromatic nitrogens is 2. The van der Waals surface area contributed by atoms with E-state index in [4.69, 9.17) is 31.9 Å². The molecule has 4 heterocycles. The van der Waals surface area contributed by atoms with E-state index in [9.17, 15) is 45.5 Å². The maximum atomic E-state index is 13.7. The molecule has 0 saturated heterocycles. The monoisotopic (exact) mass is 1180 g/mol. The van der Waals surface area contributed by atoms with Gasteiger partial charge in [-0.3, -0.25) is 34.1 Å². The Bertz CT molecular complexity index is 3490. The van der Waals surface area contributed by atoms with Gasteiger partial charge in [-0.25, -0.2) is 4.98 Å². The highest BCUT2D eigenvalue weighted by atomic mass is 32.1. The quantitative estimate of drug-likeness (QED) is 0.0326. The lowest BCUT2D eigenvalue weighted by atomic mass is 10.1. The number of rotatable bonds is 19. The normalized spacial score (nSPS) is 12.4. The first-order chi connectivity index (χ1) is 39.8. The van der Waals surface area contributed by atoms with Crippen LogP contribution in [0.2, 0.25) is 0 Å². The predicted molar refractivity (Wildman–Crippen MR) is 309 cm³/mol. The number of nitrogens with zero attached hydrogens (tertiary/aromatic N) is 5. The molecule has 2 aliphatic rings. The van der Waals surface area contributed by atoms with Crippen molar-refractivity contribution in [3.05, 3.63) is 202 Å². The summed E-state index contributed by atoms with van der Waals surface area (Å²) in [5.74, 6) is 0.952. The van der Waals surface area contributed by atoms with E-state index in [1.165, 1.54) is 36.5 Å². The summed E-state index contributed by atoms with van der Waals surface area (Å²) in [7, 11) is 0. The Hall–Kier alpha value is -9.15. The Morgan fingerprint density at radius 2 is 1.10 bits per heavy atom. The number of hydrogen-bond acceptors (Lipinski definition) is 14. The lowest BCUT2D eigenvalue weighted by Crippen LogP contribution is -2.31. The second-order valence-electron chi connectivity index (χ2n) is 18.6. The number of aryl methyl sites for hydroxylation is 2. The Balaban J connectivity index is 0.000000254. The van der Waals surface area contributed by atoms with Gasteiger partial charge in [0.25, 0.3) is 11.8 Å². The number of carbonyl (C=O) groups excluding carboxylic acids is 4. The largest absolute Gasteiger partial charge is 0.457 e. The summed E-state index contributed by atoms with van der Waals surface area (Å²) in [5, 5.41) is 17.3. The second-order valence-corrected chi connectivity index (χ2v) is 18.6. The molecule has 0 unspecified atom stereocenters. The predicted octanol–water partition coefficient (Wildman–Crippen LogP) is 9.51. The number of benzene rings is 5. The van der Waals surface area contributed by atoms with Crippen LogP contribution >= 0.6 is 13.5 Å². The molecule has 4 amide bonds. The van der Waals surface area contributed by atoms with Gasteiger partial charge in [0.05, 0.1) is 28.8 Å². The third-order valence-corrected chi connectivity index (χ3v) is 12.4. The van der Waals surface area contributed by atoms with E-state index in [1.807, 2.05) is 24.3 Å². The van der Waals surface area contributed by atoms with Gasteiger partial charge in [0.1, 0.15) is 46.3 Å². The zero-order chi connectivity index (χ0) is 59.5. The summed E-state index contributed by atoms with van der Waals surface area (Å²) in [6, 6.07) is 35.9. The number of nitriles is 1. The maximum Gasteiger partial charge on any atom is 0.416 e. The van der Waals surface area contributed by atoms with E-state index < -0.39 is 41.2 Å². The average molecular weight is 1180 g/mol. The number of ether oxygens (including phenoxy) is 2. The van der Waals surface area contributed by atoms with Crippen LogP contribution in [0.15, 0.2) is 151 Å². The van der Waals surface area contributed by atoms with E-state index in [1.54, 1.807) is 66.9 Å². The fourth-order valence-corrected chi connectivity index (χ4v) is 8.47. The number of amides is 4. The minimum Gasteiger partial charge on any atom is -0.457 e. The summed E-state index contributed by atoms with van der Waals surface area (Å²) >= 11 is 0. The Morgan fingerprint density at radius 1 is 0.595 bits per heavy atom. The number of amidine groups is 1. The van der Waals surface area contributed by atoms with Gasteiger partial charge in [-0.1, -0.05) is 36.4 Å². The van der Waals surface area contributed by atoms with Crippen molar-refractivity contribution in [2.45, 2.75) is 50.9 Å². The number of halogens is 6. The molecule has 0 spiro atoms. The number of imide groups is 1. The molecule has 9 rings (SSSR count). The zero-order valence-electron chi connectivity index (χ0n) is 45.0. The molecule has 0 fully saturated rings. The van der Waals surface area contributed by atoms with Crippen molar-refractivity contribution < 1.29 is 55.0 Å². The van der Waals surface area contributed by atoms with Gasteiger partial charge in [0.2, 0.25) is 11.8 Å². The highest BCUT2D eigenvalue weighted by Gasteiger charge is 2.36. The number of aliphatic imine (C=N–C) groups is 1. The molecule has 0 radical (unpaired) electrons. The molecule has 0 aliphatic carbocycles. The van der Waals surface area contributed by atoms with Crippen molar-refractivity contribution in [1.82, 2.24) is 20.2 Å². The van der Waals surface area contributed by atoms with Crippen molar-refractivity contribution in [1.29, 1.82) is 5.26 Å². The molecule has 2 aromatic heterocycles. The summed E-state index contributed by atoms with van der Waals surface area (Å²) < 4.78 is 92.4. The minimum absolute atomic E-state index is 0. The Kier molecular flexibility index (Phi) is 23.0. The molecule has 0 bridgehead atoms. The van der Waals surface area contributed by atoms with Crippen LogP contribution in [0.4, 0.5) is 37.7 Å². The molecule has 84 heavy (non-hydrogen) atoms. The molecule has 9 N–H and O–H groups in total. The van der Waals surface area contributed by atoms with Crippen molar-refractivity contribution >= 4 is 54.3 Å². The number of pyridine rings is 2. The summed E-state index contributed by atoms with van der Waals surface area (Å²) in [6.07, 6.45) is -5.08. The van der Waals surface area contributed by atoms with Gasteiger partial charge in [-0.15, -0.1) is 0 Å². The lowest BCUT2D eigenvalue weighted by Gasteiger charge is -2.16. The molecule has 17 nitrogen and oxygen atoms in total. The van der Waals surface area contributed by atoms with Crippen molar-refractivity contribution in [2.24, 2.45) is 22.2 Å². The van der Waals surface area contributed by atoms with Crippen LogP contribution in [0.5, 0.6) is 23.0 Å². The van der Waals surface area contributed by atoms with Crippen LogP contribution in [-0.4, -0.2) is 83.6 Å². The molecule has 438 valence electrons. The average Bonchev–Trinajstić information content (AvgIpc) is 3.64. The van der Waals surface area contributed by atoms with Gasteiger partial charge in [-0.05, 0) is 139 Å². The smallest absolute Gasteiger partial charge is 0.416 e. The molecular formula is C60H59F6N11O6S. The number of anilines is 2. The first kappa shape index (κ1) is 64.0. The van der Waals surface area contributed by atoms with Gasteiger partial charge < -0.3 is 42.6 Å². The SMILES string of the molecule is N#Cc1cc(Oc2cccc(CCC(=O)Nc3cc(CCN4C(=O)c5ccccc5C4=O)cc(C(F)(F)F)c3)c2)ccn1.NCCN.NCCc1cc(NC(=O)CCc2cccc(Oc3ccnc(C4=NCCN4)c3)c2)cc(C(F)(F)F)c1.S. The topological polar surface area (TPSA) is 266 Å². The Labute approximate surface area is 486 Å². The number of hydrogen-bond donors (Lipinski definition) is 6. The highest BCUT2D eigenvalue weighted by Crippen LogP contribution is 2.34. The van der Waals surface area contributed by atoms with Crippen LogP contribution in [-0.2, 0) is 47.6 Å². The van der Waals surface area contributed by atoms with Crippen LogP contribution in [0.1, 0.15) is 78.3 Å². The molecule has 5 aromatic carbocycles. The number of fused-ring (bicyclic) bond motifs is 1. The van der Waals surface area contributed by atoms with E-state index in [0.29, 0.717) is 60.3 Å². The number of nitrogens with one attached hydrogen (secondary N) is 3. The van der Waals surface area contributed by atoms with E-state index in [0.717, 1.165) is 52.7 Å². The molecular weight excluding hydrogens is 1120 g/mol. The summed E-state index contributed by atoms with van der Waals surface area (Å²) in [4.78, 5) is 64.1. The standard InChI is InChI=1S/C32H23F3N4O4.C26H26F3N5O2.C2H8N2.H2S/c33-32(34,35)22-14-21(11-13-39-30(41)27-6-1-2-7-28(27)31(39)42)15-23(17-22)38-29(40)9-8-20-4-3-5-25(16-20)43-26-10-12-37-24(18-26)19-36;27-26(28,29)19-12-18(6-8-30)13-20(15-19)34-24(35)5-4-17-2-1-3-21(14-17)36-22-7-9-31-23(16-22)25-32-10-11-33-25;3-1-2-4;/h1-7,10,12,14-18H,8-9,11,13H2,(H,38,40);1-3,7,9,12-16H,4-6,8,10-11,30H2,(H,32,33)(H,34,35);1-4H2;1H2. The van der Waals surface area contributed by atoms with Gasteiger partial charge in [0.15, 0.2) is 0 Å². The van der Waals surface area contributed by atoms with E-state index >= 15 is 0 Å². The molecule has 2 aliphatic heterocycles. The summed E-state index contributed by atoms with van der Waals surface area (Å²) in [5.41, 5.74) is 17.2. The van der Waals surface area contributed by atoms with Gasteiger partial charge in [0, 0.05) is 74.9 Å². The molecule has 0 atom stereocenters. The third-order valence-electron chi connectivity index (χ3n) is 12.4. The van der Waals surface area contributed by atoms with E-state index in [2.05, 4.69) is 30.9 Å². The first-order valence-corrected chi connectivity index (χ1v) is 26.0. The Morgan fingerprint density at radius 3 is 1.57 bits per heavy atom. The van der Waals surface area contributed by atoms with Crippen molar-refractivity contribution in [3.8, 4) is 29.1 Å². The number of alkyl halides is 6. The van der Waals surface area contributed by atoms with Crippen LogP contribution in [0.3, 0.4) is 0 Å². The van der Waals surface area contributed by atoms with Crippen LogP contribution < -0.4 is 42.6 Å². The molecule has 7 aromatic rings. The number of carbonyl (C=O) groups is 4. The second kappa shape index (κ2) is 30.2. The molecule has 24 heteroatoms. The van der Waals surface area contributed by atoms with Gasteiger partial charge >= 0.3 is 12.4 Å². The summed E-state index contributed by atoms with van der Waals surface area (Å²) in [6.45, 7) is 2.77. The number of nitrogens with two attached hydrogens (primary N) is 3. The van der Waals surface area contributed by atoms with Crippen LogP contribution in [0, 0.1) is 11.3 Å². The fourth-order valence-electron chi connectivity index (χ4n) is 8.47. The molecule has 0 saturated carbocycles. The fraction of sp³-hybridized carbons (Fsp3) is 0.233. The minimum atomic E-state index is -4.67. The third kappa shape index (κ3) is 18.7. The van der Waals surface area contributed by atoms with Crippen molar-refractivity contribution in [2.75, 3.05) is 49.9 Å². The maximum absolute atomic E-state index is 13.7. The lowest BCUT2D eigenvalue weighted by molar-refractivity contribution is -0.138. The van der Waals surface area contributed by atoms with Gasteiger partial charge in [-0.2, -0.15) is 45.1 Å².